The van der Waals surface area contributed by atoms with E-state index in [0.29, 0.717) is 5.75 Å². The number of methoxy groups -OCH3 is 1. The Balaban J connectivity index is 3.05. The lowest BCUT2D eigenvalue weighted by Gasteiger charge is -2.08. The molecule has 0 aromatic heterocycles. The summed E-state index contributed by atoms with van der Waals surface area (Å²) in [7, 11) is 1.43. The van der Waals surface area contributed by atoms with Crippen molar-refractivity contribution in [3.63, 3.8) is 0 Å². The number of ether oxygens (including phenoxy) is 1. The number of carbonyl (C=O) groups is 1. The van der Waals surface area contributed by atoms with Crippen LogP contribution in [0.25, 0.3) is 0 Å². The molecule has 0 spiro atoms. The Morgan fingerprint density at radius 2 is 2.21 bits per heavy atom. The van der Waals surface area contributed by atoms with Gasteiger partial charge >= 0.3 is 5.97 Å². The molecule has 0 saturated heterocycles. The quantitative estimate of drug-likeness (QED) is 0.808. The second-order valence-electron chi connectivity index (χ2n) is 2.95. The molecule has 0 aliphatic heterocycles. The molecule has 1 aromatic rings. The number of halogens is 1. The third kappa shape index (κ3) is 2.02. The van der Waals surface area contributed by atoms with Crippen molar-refractivity contribution in [2.75, 3.05) is 7.11 Å². The monoisotopic (exact) mass is 198 g/mol. The van der Waals surface area contributed by atoms with Gasteiger partial charge in [0.2, 0.25) is 0 Å². The molecule has 1 atom stereocenters. The van der Waals surface area contributed by atoms with Crippen molar-refractivity contribution in [1.82, 2.24) is 0 Å². The van der Waals surface area contributed by atoms with Crippen LogP contribution in [0.3, 0.4) is 0 Å². The molecule has 4 heteroatoms. The van der Waals surface area contributed by atoms with Crippen molar-refractivity contribution >= 4 is 5.97 Å². The van der Waals surface area contributed by atoms with Crippen molar-refractivity contribution < 1.29 is 19.0 Å². The van der Waals surface area contributed by atoms with Crippen LogP contribution in [0.2, 0.25) is 0 Å². The first kappa shape index (κ1) is 10.5. The van der Waals surface area contributed by atoms with Crippen LogP contribution in [0.4, 0.5) is 4.39 Å². The Labute approximate surface area is 81.1 Å². The van der Waals surface area contributed by atoms with Crippen LogP contribution in [-0.4, -0.2) is 18.2 Å². The van der Waals surface area contributed by atoms with E-state index in [0.717, 1.165) is 0 Å². The van der Waals surface area contributed by atoms with Gasteiger partial charge in [-0.05, 0) is 13.0 Å². The lowest BCUT2D eigenvalue weighted by Crippen LogP contribution is -2.09. The first-order valence-electron chi connectivity index (χ1n) is 4.12. The predicted molar refractivity (Wildman–Crippen MR) is 49.0 cm³/mol. The highest BCUT2D eigenvalue weighted by atomic mass is 19.1. The van der Waals surface area contributed by atoms with Gasteiger partial charge in [0.1, 0.15) is 11.6 Å². The predicted octanol–water partition coefficient (Wildman–Crippen LogP) is 2.02. The summed E-state index contributed by atoms with van der Waals surface area (Å²) in [6, 6.07) is 4.14. The van der Waals surface area contributed by atoms with Gasteiger partial charge in [0.15, 0.2) is 0 Å². The van der Waals surface area contributed by atoms with Gasteiger partial charge < -0.3 is 9.84 Å². The van der Waals surface area contributed by atoms with Crippen molar-refractivity contribution in [2.45, 2.75) is 12.8 Å². The zero-order valence-electron chi connectivity index (χ0n) is 7.95. The summed E-state index contributed by atoms with van der Waals surface area (Å²) in [5.74, 6) is -2.07. The fraction of sp³-hybridized carbons (Fsp3) is 0.300. The second kappa shape index (κ2) is 4.09. The third-order valence-corrected chi connectivity index (χ3v) is 2.04. The van der Waals surface area contributed by atoms with E-state index in [-0.39, 0.29) is 5.56 Å². The molecule has 0 heterocycles. The van der Waals surface area contributed by atoms with Crippen LogP contribution in [0.15, 0.2) is 18.2 Å². The van der Waals surface area contributed by atoms with Gasteiger partial charge in [0, 0.05) is 11.6 Å². The zero-order valence-corrected chi connectivity index (χ0v) is 7.95. The Bertz CT molecular complexity index is 349. The average Bonchev–Trinajstić information content (AvgIpc) is 2.16. The van der Waals surface area contributed by atoms with E-state index in [1.54, 1.807) is 0 Å². The summed E-state index contributed by atoms with van der Waals surface area (Å²) < 4.78 is 18.1. The Morgan fingerprint density at radius 3 is 2.64 bits per heavy atom. The summed E-state index contributed by atoms with van der Waals surface area (Å²) in [6.07, 6.45) is 0. The molecule has 0 saturated carbocycles. The van der Waals surface area contributed by atoms with E-state index < -0.39 is 17.7 Å². The Kier molecular flexibility index (Phi) is 3.06. The first-order valence-corrected chi connectivity index (χ1v) is 4.12. The minimum atomic E-state index is -1.05. The van der Waals surface area contributed by atoms with Gasteiger partial charge in [-0.15, -0.1) is 0 Å². The Morgan fingerprint density at radius 1 is 1.57 bits per heavy atom. The number of benzene rings is 1. The molecule has 0 unspecified atom stereocenters. The Hall–Kier alpha value is -1.58. The fourth-order valence-corrected chi connectivity index (χ4v) is 1.12. The molecule has 1 aromatic carbocycles. The van der Waals surface area contributed by atoms with E-state index in [1.165, 1.54) is 32.2 Å². The molecule has 0 bridgehead atoms. The average molecular weight is 198 g/mol. The molecule has 0 amide bonds. The van der Waals surface area contributed by atoms with Gasteiger partial charge in [-0.2, -0.15) is 0 Å². The molecule has 76 valence electrons. The summed E-state index contributed by atoms with van der Waals surface area (Å²) >= 11 is 0. The molecular formula is C10H11FO3. The lowest BCUT2D eigenvalue weighted by atomic mass is 10.0. The van der Waals surface area contributed by atoms with Crippen molar-refractivity contribution in [1.29, 1.82) is 0 Å². The molecule has 0 aliphatic rings. The third-order valence-electron chi connectivity index (χ3n) is 2.04. The molecule has 14 heavy (non-hydrogen) atoms. The van der Waals surface area contributed by atoms with Gasteiger partial charge in [-0.3, -0.25) is 4.79 Å². The minimum Gasteiger partial charge on any atom is -0.497 e. The number of carboxylic acids is 1. The minimum absolute atomic E-state index is 0.165. The normalized spacial score (nSPS) is 12.2. The van der Waals surface area contributed by atoms with E-state index in [1.807, 2.05) is 0 Å². The number of aliphatic carboxylic acids is 1. The fourth-order valence-electron chi connectivity index (χ4n) is 1.12. The molecule has 1 N–H and O–H groups in total. The van der Waals surface area contributed by atoms with Crippen LogP contribution in [-0.2, 0) is 4.79 Å². The van der Waals surface area contributed by atoms with Gasteiger partial charge in [0.25, 0.3) is 0 Å². The van der Waals surface area contributed by atoms with E-state index in [2.05, 4.69) is 0 Å². The van der Waals surface area contributed by atoms with Crippen molar-refractivity contribution in [2.24, 2.45) is 0 Å². The highest BCUT2D eigenvalue weighted by molar-refractivity contribution is 5.75. The van der Waals surface area contributed by atoms with Crippen molar-refractivity contribution in [3.8, 4) is 5.75 Å². The van der Waals surface area contributed by atoms with Gasteiger partial charge in [0.05, 0.1) is 13.0 Å². The van der Waals surface area contributed by atoms with Crippen LogP contribution in [0.1, 0.15) is 18.4 Å². The van der Waals surface area contributed by atoms with E-state index in [9.17, 15) is 9.18 Å². The molecule has 1 rings (SSSR count). The number of hydrogen-bond acceptors (Lipinski definition) is 2. The van der Waals surface area contributed by atoms with Crippen LogP contribution in [0, 0.1) is 5.82 Å². The second-order valence-corrected chi connectivity index (χ2v) is 2.95. The standard InChI is InChI=1S/C10H11FO3/c1-6(10(12)13)8-4-3-7(14-2)5-9(8)11/h3-6H,1-2H3,(H,12,13)/t6-/m0/s1. The van der Waals surface area contributed by atoms with Crippen molar-refractivity contribution in [3.05, 3.63) is 29.6 Å². The van der Waals surface area contributed by atoms with E-state index in [4.69, 9.17) is 9.84 Å². The SMILES string of the molecule is COc1ccc([C@H](C)C(=O)O)c(F)c1. The number of carboxylic acid groups (broad SMARTS) is 1. The summed E-state index contributed by atoms with van der Waals surface area (Å²) in [5, 5.41) is 8.69. The van der Waals surface area contributed by atoms with Gasteiger partial charge in [-0.25, -0.2) is 4.39 Å². The molecule has 0 fully saturated rings. The van der Waals surface area contributed by atoms with E-state index >= 15 is 0 Å². The maximum Gasteiger partial charge on any atom is 0.310 e. The first-order chi connectivity index (χ1) is 6.56. The van der Waals surface area contributed by atoms with Crippen LogP contribution >= 0.6 is 0 Å². The zero-order chi connectivity index (χ0) is 10.7. The smallest absolute Gasteiger partial charge is 0.310 e. The number of rotatable bonds is 3. The topological polar surface area (TPSA) is 46.5 Å². The highest BCUT2D eigenvalue weighted by Gasteiger charge is 2.17. The summed E-state index contributed by atoms with van der Waals surface area (Å²) in [5.41, 5.74) is 0.165. The molecule has 0 radical (unpaired) electrons. The molecular weight excluding hydrogens is 187 g/mol. The maximum atomic E-state index is 13.3. The van der Waals surface area contributed by atoms with Crippen LogP contribution in [0.5, 0.6) is 5.75 Å². The lowest BCUT2D eigenvalue weighted by molar-refractivity contribution is -0.138. The summed E-state index contributed by atoms with van der Waals surface area (Å²) in [6.45, 7) is 1.44. The van der Waals surface area contributed by atoms with Crippen LogP contribution < -0.4 is 4.74 Å². The largest absolute Gasteiger partial charge is 0.497 e. The molecule has 3 nitrogen and oxygen atoms in total. The maximum absolute atomic E-state index is 13.3. The number of hydrogen-bond donors (Lipinski definition) is 1. The summed E-state index contributed by atoms with van der Waals surface area (Å²) in [4.78, 5) is 10.6. The van der Waals surface area contributed by atoms with Gasteiger partial charge in [-0.1, -0.05) is 6.07 Å². The highest BCUT2D eigenvalue weighted by Crippen LogP contribution is 2.23. The molecule has 0 aliphatic carbocycles.